The Kier molecular flexibility index (Phi) is 8.60. The summed E-state index contributed by atoms with van der Waals surface area (Å²) in [4.78, 5) is 18.3. The Morgan fingerprint density at radius 1 is 1.03 bits per heavy atom. The van der Waals surface area contributed by atoms with Crippen molar-refractivity contribution in [2.75, 3.05) is 41.0 Å². The first-order valence-electron chi connectivity index (χ1n) is 11.3. The van der Waals surface area contributed by atoms with E-state index in [4.69, 9.17) is 18.9 Å². The number of esters is 1. The largest absolute Gasteiger partial charge is 0.493 e. The van der Waals surface area contributed by atoms with Crippen LogP contribution < -0.4 is 14.2 Å². The molecule has 1 heterocycles. The zero-order valence-corrected chi connectivity index (χ0v) is 20.1. The van der Waals surface area contributed by atoms with E-state index in [2.05, 4.69) is 48.1 Å². The maximum atomic E-state index is 12.5. The molecule has 7 nitrogen and oxygen atoms in total. The van der Waals surface area contributed by atoms with Gasteiger partial charge >= 0.3 is 5.97 Å². The van der Waals surface area contributed by atoms with E-state index in [1.54, 1.807) is 12.1 Å². The van der Waals surface area contributed by atoms with Gasteiger partial charge in [0.2, 0.25) is 5.75 Å². The fraction of sp³-hybridized carbons (Fsp3) is 0.423. The highest BCUT2D eigenvalue weighted by Gasteiger charge is 2.19. The number of hydrogen-bond donors (Lipinski definition) is 1. The van der Waals surface area contributed by atoms with Gasteiger partial charge in [0, 0.05) is 23.1 Å². The number of benzene rings is 2. The number of carbonyl (C=O) groups excluding carboxylic acids is 1. The van der Waals surface area contributed by atoms with Gasteiger partial charge in [0.05, 0.1) is 33.5 Å². The molecular weight excluding hydrogens is 420 g/mol. The van der Waals surface area contributed by atoms with Crippen molar-refractivity contribution in [2.24, 2.45) is 0 Å². The molecule has 0 aliphatic rings. The molecular formula is C26H34N2O5. The molecule has 1 aromatic heterocycles. The lowest BCUT2D eigenvalue weighted by Crippen LogP contribution is -2.28. The average molecular weight is 455 g/mol. The number of methoxy groups -OCH3 is 3. The summed E-state index contributed by atoms with van der Waals surface area (Å²) in [6.07, 6.45) is 3.83. The predicted octanol–water partition coefficient (Wildman–Crippen LogP) is 5.21. The number of hydrogen-bond acceptors (Lipinski definition) is 6. The van der Waals surface area contributed by atoms with Crippen LogP contribution in [0.15, 0.2) is 42.6 Å². The van der Waals surface area contributed by atoms with Crippen molar-refractivity contribution in [1.82, 2.24) is 9.88 Å². The second kappa shape index (κ2) is 11.6. The molecule has 178 valence electrons. The number of carbonyl (C=O) groups is 1. The molecule has 0 amide bonds. The average Bonchev–Trinajstić information content (AvgIpc) is 3.28. The van der Waals surface area contributed by atoms with Crippen molar-refractivity contribution in [3.8, 4) is 17.2 Å². The number of ether oxygens (including phenoxy) is 4. The quantitative estimate of drug-likeness (QED) is 0.299. The van der Waals surface area contributed by atoms with Crippen LogP contribution >= 0.6 is 0 Å². The Hall–Kier alpha value is -3.19. The topological polar surface area (TPSA) is 73.0 Å². The highest BCUT2D eigenvalue weighted by Crippen LogP contribution is 2.38. The normalized spacial score (nSPS) is 12.1. The highest BCUT2D eigenvalue weighted by atomic mass is 16.5. The minimum atomic E-state index is -0.409. The van der Waals surface area contributed by atoms with E-state index in [1.165, 1.54) is 32.3 Å². The molecule has 0 radical (unpaired) electrons. The zero-order chi connectivity index (χ0) is 23.8. The third kappa shape index (κ3) is 5.60. The van der Waals surface area contributed by atoms with Gasteiger partial charge < -0.3 is 23.9 Å². The fourth-order valence-corrected chi connectivity index (χ4v) is 4.13. The third-order valence-electron chi connectivity index (χ3n) is 6.00. The van der Waals surface area contributed by atoms with E-state index in [1.807, 2.05) is 6.07 Å². The smallest absolute Gasteiger partial charge is 0.338 e. The highest BCUT2D eigenvalue weighted by molar-refractivity contribution is 5.91. The summed E-state index contributed by atoms with van der Waals surface area (Å²) < 4.78 is 21.4. The lowest BCUT2D eigenvalue weighted by Gasteiger charge is -2.27. The van der Waals surface area contributed by atoms with Crippen molar-refractivity contribution in [3.63, 3.8) is 0 Å². The number of aromatic amines is 1. The van der Waals surface area contributed by atoms with Crippen LogP contribution in [0.2, 0.25) is 0 Å². The molecule has 1 unspecified atom stereocenters. The standard InChI is InChI=1S/C26H34N2O5/c1-6-28(18(2)21-17-27-22-12-8-7-11-20(21)22)13-9-10-14-33-26(29)19-15-23(30-3)25(32-5)24(16-19)31-4/h7-8,11-12,15-18,27H,6,9-10,13-14H2,1-5H3. The van der Waals surface area contributed by atoms with Crippen LogP contribution in [0.4, 0.5) is 0 Å². The van der Waals surface area contributed by atoms with Crippen molar-refractivity contribution < 1.29 is 23.7 Å². The van der Waals surface area contributed by atoms with Crippen molar-refractivity contribution in [2.45, 2.75) is 32.7 Å². The van der Waals surface area contributed by atoms with Gasteiger partial charge in [0.1, 0.15) is 0 Å². The Balaban J connectivity index is 1.52. The van der Waals surface area contributed by atoms with Gasteiger partial charge in [0.15, 0.2) is 11.5 Å². The summed E-state index contributed by atoms with van der Waals surface area (Å²) in [5.41, 5.74) is 2.84. The van der Waals surface area contributed by atoms with Crippen LogP contribution in [0.25, 0.3) is 10.9 Å². The summed E-state index contributed by atoms with van der Waals surface area (Å²) in [6, 6.07) is 11.9. The molecule has 3 rings (SSSR count). The molecule has 0 bridgehead atoms. The summed E-state index contributed by atoms with van der Waals surface area (Å²) in [5, 5.41) is 1.27. The van der Waals surface area contributed by atoms with E-state index in [0.29, 0.717) is 35.5 Å². The Bertz CT molecular complexity index is 1040. The van der Waals surface area contributed by atoms with Crippen LogP contribution in [0.1, 0.15) is 48.7 Å². The van der Waals surface area contributed by atoms with Crippen LogP contribution in [-0.4, -0.2) is 56.9 Å². The number of aromatic nitrogens is 1. The van der Waals surface area contributed by atoms with Crippen LogP contribution in [0, 0.1) is 0 Å². The first-order chi connectivity index (χ1) is 16.0. The number of unbranched alkanes of at least 4 members (excludes halogenated alkanes) is 1. The van der Waals surface area contributed by atoms with Crippen LogP contribution in [0.3, 0.4) is 0 Å². The maximum Gasteiger partial charge on any atom is 0.338 e. The third-order valence-corrected chi connectivity index (χ3v) is 6.00. The van der Waals surface area contributed by atoms with Crippen molar-refractivity contribution in [3.05, 3.63) is 53.7 Å². The van der Waals surface area contributed by atoms with E-state index in [9.17, 15) is 4.79 Å². The van der Waals surface area contributed by atoms with Crippen molar-refractivity contribution in [1.29, 1.82) is 0 Å². The van der Waals surface area contributed by atoms with Crippen LogP contribution in [-0.2, 0) is 4.74 Å². The lowest BCUT2D eigenvalue weighted by atomic mass is 10.1. The molecule has 0 saturated carbocycles. The maximum absolute atomic E-state index is 12.5. The molecule has 2 aromatic carbocycles. The van der Waals surface area contributed by atoms with Gasteiger partial charge in [-0.15, -0.1) is 0 Å². The molecule has 7 heteroatoms. The van der Waals surface area contributed by atoms with E-state index < -0.39 is 5.97 Å². The lowest BCUT2D eigenvalue weighted by molar-refractivity contribution is 0.0492. The fourth-order valence-electron chi connectivity index (χ4n) is 4.13. The molecule has 0 aliphatic heterocycles. The molecule has 3 aromatic rings. The molecule has 0 fully saturated rings. The number of rotatable bonds is 12. The van der Waals surface area contributed by atoms with E-state index in [0.717, 1.165) is 31.4 Å². The molecule has 0 spiro atoms. The van der Waals surface area contributed by atoms with E-state index >= 15 is 0 Å². The van der Waals surface area contributed by atoms with Gasteiger partial charge in [-0.3, -0.25) is 4.90 Å². The second-order valence-corrected chi connectivity index (χ2v) is 7.85. The zero-order valence-electron chi connectivity index (χ0n) is 20.1. The van der Waals surface area contributed by atoms with E-state index in [-0.39, 0.29) is 0 Å². The number of nitrogens with zero attached hydrogens (tertiary/aromatic N) is 1. The number of fused-ring (bicyclic) bond motifs is 1. The Morgan fingerprint density at radius 3 is 2.36 bits per heavy atom. The summed E-state index contributed by atoms with van der Waals surface area (Å²) in [7, 11) is 4.56. The molecule has 33 heavy (non-hydrogen) atoms. The first kappa shape index (κ1) is 24.5. The minimum absolute atomic E-state index is 0.299. The van der Waals surface area contributed by atoms with Gasteiger partial charge in [0.25, 0.3) is 0 Å². The molecule has 0 saturated heterocycles. The monoisotopic (exact) mass is 454 g/mol. The summed E-state index contributed by atoms with van der Waals surface area (Å²) in [6.45, 7) is 6.65. The predicted molar refractivity (Wildman–Crippen MR) is 130 cm³/mol. The van der Waals surface area contributed by atoms with Crippen molar-refractivity contribution >= 4 is 16.9 Å². The Morgan fingerprint density at radius 2 is 1.73 bits per heavy atom. The van der Waals surface area contributed by atoms with Gasteiger partial charge in [-0.25, -0.2) is 4.79 Å². The minimum Gasteiger partial charge on any atom is -0.493 e. The van der Waals surface area contributed by atoms with Gasteiger partial charge in [-0.2, -0.15) is 0 Å². The first-order valence-corrected chi connectivity index (χ1v) is 11.3. The SMILES string of the molecule is CCN(CCCCOC(=O)c1cc(OC)c(OC)c(OC)c1)C(C)c1c[nH]c2ccccc12. The second-order valence-electron chi connectivity index (χ2n) is 7.85. The van der Waals surface area contributed by atoms with Gasteiger partial charge in [-0.1, -0.05) is 25.1 Å². The van der Waals surface area contributed by atoms with Gasteiger partial charge in [-0.05, 0) is 56.6 Å². The Labute approximate surface area is 195 Å². The van der Waals surface area contributed by atoms with Crippen LogP contribution in [0.5, 0.6) is 17.2 Å². The molecule has 1 atom stereocenters. The molecule has 1 N–H and O–H groups in total. The number of H-pyrrole nitrogens is 1. The number of nitrogens with one attached hydrogen (secondary N) is 1. The number of para-hydroxylation sites is 1. The molecule has 0 aliphatic carbocycles. The summed E-state index contributed by atoms with van der Waals surface area (Å²) >= 11 is 0. The summed E-state index contributed by atoms with van der Waals surface area (Å²) in [5.74, 6) is 0.886.